The van der Waals surface area contributed by atoms with Crippen molar-refractivity contribution in [3.63, 3.8) is 0 Å². The minimum atomic E-state index is -4.06. The molecule has 1 heterocycles. The maximum Gasteiger partial charge on any atom is 0.262 e. The van der Waals surface area contributed by atoms with Crippen LogP contribution < -0.4 is 5.32 Å². The Labute approximate surface area is 130 Å². The molecule has 20 heavy (non-hydrogen) atoms. The van der Waals surface area contributed by atoms with Gasteiger partial charge >= 0.3 is 0 Å². The Morgan fingerprint density at radius 2 is 2.05 bits per heavy atom. The van der Waals surface area contributed by atoms with E-state index < -0.39 is 15.0 Å². The summed E-state index contributed by atoms with van der Waals surface area (Å²) in [6.45, 7) is 0.955. The van der Waals surface area contributed by atoms with Crippen LogP contribution in [0.2, 0.25) is 10.0 Å². The molecule has 1 amide bonds. The van der Waals surface area contributed by atoms with Crippen molar-refractivity contribution in [1.82, 2.24) is 5.32 Å². The van der Waals surface area contributed by atoms with Gasteiger partial charge in [0.2, 0.25) is 0 Å². The molecule has 1 unspecified atom stereocenters. The zero-order valence-corrected chi connectivity index (χ0v) is 13.1. The lowest BCUT2D eigenvalue weighted by Gasteiger charge is -2.13. The minimum absolute atomic E-state index is 0.0514. The van der Waals surface area contributed by atoms with Gasteiger partial charge in [0.1, 0.15) is 4.90 Å². The van der Waals surface area contributed by atoms with Gasteiger partial charge in [0.15, 0.2) is 0 Å². The maximum atomic E-state index is 12.1. The first-order valence-electron chi connectivity index (χ1n) is 5.62. The Morgan fingerprint density at radius 3 is 2.60 bits per heavy atom. The summed E-state index contributed by atoms with van der Waals surface area (Å²) >= 11 is 11.9. The summed E-state index contributed by atoms with van der Waals surface area (Å²) in [4.78, 5) is 11.8. The van der Waals surface area contributed by atoms with Gasteiger partial charge < -0.3 is 10.1 Å². The maximum absolute atomic E-state index is 12.1. The highest BCUT2D eigenvalue weighted by molar-refractivity contribution is 8.13. The van der Waals surface area contributed by atoms with Gasteiger partial charge in [0.25, 0.3) is 15.0 Å². The minimum Gasteiger partial charge on any atom is -0.379 e. The normalized spacial score (nSPS) is 19.1. The SMILES string of the molecule is O=C(NC1CCOC1)c1c(Cl)ccc(S(=O)(=O)Cl)c1Cl. The Hall–Kier alpha value is -0.530. The van der Waals surface area contributed by atoms with Crippen LogP contribution in [0.5, 0.6) is 0 Å². The van der Waals surface area contributed by atoms with Crippen LogP contribution in [0, 0.1) is 0 Å². The predicted molar refractivity (Wildman–Crippen MR) is 76.2 cm³/mol. The third kappa shape index (κ3) is 3.38. The molecule has 1 atom stereocenters. The van der Waals surface area contributed by atoms with Gasteiger partial charge in [0, 0.05) is 17.3 Å². The van der Waals surface area contributed by atoms with Gasteiger partial charge in [-0.25, -0.2) is 8.42 Å². The van der Waals surface area contributed by atoms with Crippen LogP contribution in [-0.2, 0) is 13.8 Å². The molecular weight excluding hydrogens is 349 g/mol. The Kier molecular flexibility index (Phi) is 4.81. The van der Waals surface area contributed by atoms with E-state index in [1.165, 1.54) is 6.07 Å². The molecule has 1 aliphatic heterocycles. The molecular formula is C11H10Cl3NO4S. The van der Waals surface area contributed by atoms with Crippen molar-refractivity contribution in [2.24, 2.45) is 0 Å². The molecule has 5 nitrogen and oxygen atoms in total. The standard InChI is InChI=1S/C11H10Cl3NO4S/c12-7-1-2-8(20(14,17)18)10(13)9(7)11(16)15-6-3-4-19-5-6/h1-2,6H,3-5H2,(H,15,16). The van der Waals surface area contributed by atoms with Gasteiger partial charge in [-0.2, -0.15) is 0 Å². The predicted octanol–water partition coefficient (Wildman–Crippen LogP) is 2.44. The topological polar surface area (TPSA) is 72.5 Å². The zero-order chi connectivity index (χ0) is 14.9. The van der Waals surface area contributed by atoms with Crippen molar-refractivity contribution in [3.8, 4) is 0 Å². The van der Waals surface area contributed by atoms with Gasteiger partial charge in [-0.15, -0.1) is 0 Å². The van der Waals surface area contributed by atoms with Crippen LogP contribution in [0.1, 0.15) is 16.8 Å². The van der Waals surface area contributed by atoms with Crippen molar-refractivity contribution in [1.29, 1.82) is 0 Å². The summed E-state index contributed by atoms with van der Waals surface area (Å²) in [5, 5.41) is 2.45. The average Bonchev–Trinajstić information content (AvgIpc) is 2.79. The number of nitrogens with one attached hydrogen (secondary N) is 1. The number of hydrogen-bond acceptors (Lipinski definition) is 4. The lowest BCUT2D eigenvalue weighted by Crippen LogP contribution is -2.35. The molecule has 1 fully saturated rings. The Morgan fingerprint density at radius 1 is 1.35 bits per heavy atom. The molecule has 0 spiro atoms. The summed E-state index contributed by atoms with van der Waals surface area (Å²) in [7, 11) is 1.20. The summed E-state index contributed by atoms with van der Waals surface area (Å²) in [5.74, 6) is -0.558. The van der Waals surface area contributed by atoms with Crippen molar-refractivity contribution in [2.75, 3.05) is 13.2 Å². The number of carbonyl (C=O) groups excluding carboxylic acids is 1. The van der Waals surface area contributed by atoms with E-state index in [2.05, 4.69) is 5.32 Å². The van der Waals surface area contributed by atoms with Crippen LogP contribution in [0.3, 0.4) is 0 Å². The molecule has 0 aliphatic carbocycles. The Balaban J connectivity index is 2.37. The fourth-order valence-corrected chi connectivity index (χ4v) is 3.73. The van der Waals surface area contributed by atoms with Crippen molar-refractivity contribution in [2.45, 2.75) is 17.4 Å². The molecule has 0 aromatic heterocycles. The van der Waals surface area contributed by atoms with Crippen molar-refractivity contribution >= 4 is 48.8 Å². The molecule has 0 saturated carbocycles. The van der Waals surface area contributed by atoms with Gasteiger partial charge in [-0.05, 0) is 18.6 Å². The summed E-state index contributed by atoms with van der Waals surface area (Å²) in [5.41, 5.74) is -0.109. The lowest BCUT2D eigenvalue weighted by molar-refractivity contribution is 0.0930. The van der Waals surface area contributed by atoms with E-state index in [0.717, 1.165) is 6.07 Å². The molecule has 1 aromatic carbocycles. The van der Waals surface area contributed by atoms with Crippen LogP contribution in [0.15, 0.2) is 17.0 Å². The van der Waals surface area contributed by atoms with E-state index in [4.69, 9.17) is 38.6 Å². The molecule has 9 heteroatoms. The monoisotopic (exact) mass is 357 g/mol. The molecule has 1 N–H and O–H groups in total. The number of rotatable bonds is 3. The van der Waals surface area contributed by atoms with E-state index in [1.807, 2.05) is 0 Å². The van der Waals surface area contributed by atoms with Gasteiger partial charge in [-0.1, -0.05) is 23.2 Å². The fraction of sp³-hybridized carbons (Fsp3) is 0.364. The number of carbonyl (C=O) groups is 1. The molecule has 2 rings (SSSR count). The third-order valence-electron chi connectivity index (χ3n) is 2.81. The highest BCUT2D eigenvalue weighted by Gasteiger charge is 2.26. The molecule has 1 aromatic rings. The average molecular weight is 359 g/mol. The number of ether oxygens (including phenoxy) is 1. The summed E-state index contributed by atoms with van der Waals surface area (Å²) < 4.78 is 27.9. The quantitative estimate of drug-likeness (QED) is 0.842. The number of amides is 1. The lowest BCUT2D eigenvalue weighted by atomic mass is 10.2. The van der Waals surface area contributed by atoms with Crippen LogP contribution in [0.25, 0.3) is 0 Å². The smallest absolute Gasteiger partial charge is 0.262 e. The summed E-state index contributed by atoms with van der Waals surface area (Å²) in [6, 6.07) is 2.27. The van der Waals surface area contributed by atoms with Crippen LogP contribution in [-0.4, -0.2) is 33.6 Å². The molecule has 110 valence electrons. The first kappa shape index (κ1) is 15.9. The summed E-state index contributed by atoms with van der Waals surface area (Å²) in [6.07, 6.45) is 0.675. The van der Waals surface area contributed by atoms with Crippen molar-refractivity contribution in [3.05, 3.63) is 27.7 Å². The molecule has 0 bridgehead atoms. The zero-order valence-electron chi connectivity index (χ0n) is 10.0. The van der Waals surface area contributed by atoms with E-state index in [-0.39, 0.29) is 26.5 Å². The third-order valence-corrected chi connectivity index (χ3v) is 4.99. The van der Waals surface area contributed by atoms with E-state index in [1.54, 1.807) is 0 Å². The molecule has 1 aliphatic rings. The van der Waals surface area contributed by atoms with E-state index in [0.29, 0.717) is 19.6 Å². The number of halogens is 3. The molecule has 0 radical (unpaired) electrons. The van der Waals surface area contributed by atoms with Gasteiger partial charge in [-0.3, -0.25) is 4.79 Å². The molecule has 1 saturated heterocycles. The number of benzene rings is 1. The highest BCUT2D eigenvalue weighted by Crippen LogP contribution is 2.32. The van der Waals surface area contributed by atoms with E-state index in [9.17, 15) is 13.2 Å². The highest BCUT2D eigenvalue weighted by atomic mass is 35.7. The second-order valence-electron chi connectivity index (χ2n) is 4.21. The number of hydrogen-bond donors (Lipinski definition) is 1. The first-order chi connectivity index (χ1) is 9.30. The Bertz CT molecular complexity index is 641. The first-order valence-corrected chi connectivity index (χ1v) is 8.68. The fourth-order valence-electron chi connectivity index (χ4n) is 1.84. The van der Waals surface area contributed by atoms with E-state index >= 15 is 0 Å². The second kappa shape index (κ2) is 6.07. The van der Waals surface area contributed by atoms with Gasteiger partial charge in [0.05, 0.1) is 28.3 Å². The second-order valence-corrected chi connectivity index (χ2v) is 7.53. The van der Waals surface area contributed by atoms with Crippen molar-refractivity contribution < 1.29 is 17.9 Å². The largest absolute Gasteiger partial charge is 0.379 e. The van der Waals surface area contributed by atoms with Crippen LogP contribution in [0.4, 0.5) is 0 Å². The van der Waals surface area contributed by atoms with Crippen LogP contribution >= 0.6 is 33.9 Å².